The number of carbonyl (C=O) groups is 1. The van der Waals surface area contributed by atoms with Crippen molar-refractivity contribution in [3.05, 3.63) is 0 Å². The molecule has 4 rings (SSSR count). The Balaban J connectivity index is 1.61. The smallest absolute Gasteiger partial charge is 0.139 e. The van der Waals surface area contributed by atoms with Crippen LogP contribution in [0.2, 0.25) is 0 Å². The van der Waals surface area contributed by atoms with E-state index in [9.17, 15) is 10.0 Å². The van der Waals surface area contributed by atoms with Crippen LogP contribution in [-0.4, -0.2) is 34.2 Å². The third-order valence-corrected chi connectivity index (χ3v) is 10.1. The maximum atomic E-state index is 12.6. The van der Waals surface area contributed by atoms with Gasteiger partial charge in [-0.25, -0.2) is 0 Å². The monoisotopic (exact) mass is 378 g/mol. The number of hydrogen-bond donors (Lipinski definition) is 2. The molecule has 4 nitrogen and oxygen atoms in total. The third-order valence-electron chi connectivity index (χ3n) is 8.74. The maximum Gasteiger partial charge on any atom is 0.139 e. The molecular formula is C21H34N2O2S. The lowest BCUT2D eigenvalue weighted by Gasteiger charge is -2.60. The summed E-state index contributed by atoms with van der Waals surface area (Å²) in [6, 6.07) is 0. The lowest BCUT2D eigenvalue weighted by atomic mass is 9.45. The summed E-state index contributed by atoms with van der Waals surface area (Å²) in [5.74, 6) is 3.61. The molecule has 0 aromatic rings. The molecule has 0 spiro atoms. The van der Waals surface area contributed by atoms with Crippen molar-refractivity contribution in [1.82, 2.24) is 0 Å². The molecule has 4 aliphatic rings. The van der Waals surface area contributed by atoms with Crippen LogP contribution in [0.15, 0.2) is 5.16 Å². The molecule has 4 aliphatic carbocycles. The normalized spacial score (nSPS) is 49.6. The summed E-state index contributed by atoms with van der Waals surface area (Å²) >= 11 is 2.00. The zero-order valence-electron chi connectivity index (χ0n) is 16.2. The Bertz CT molecular complexity index is 609. The van der Waals surface area contributed by atoms with E-state index in [0.29, 0.717) is 34.7 Å². The zero-order valence-corrected chi connectivity index (χ0v) is 17.1. The molecule has 26 heavy (non-hydrogen) atoms. The number of ketones is 1. The van der Waals surface area contributed by atoms with Crippen LogP contribution < -0.4 is 5.73 Å². The van der Waals surface area contributed by atoms with Crippen molar-refractivity contribution in [2.24, 2.45) is 45.4 Å². The summed E-state index contributed by atoms with van der Waals surface area (Å²) in [6.07, 6.45) is 8.55. The Kier molecular flexibility index (Phi) is 4.92. The molecule has 0 heterocycles. The topological polar surface area (TPSA) is 75.7 Å². The lowest BCUT2D eigenvalue weighted by Crippen LogP contribution is -2.56. The molecule has 5 heteroatoms. The second-order valence-corrected chi connectivity index (χ2v) is 11.1. The molecule has 1 unspecified atom stereocenters. The zero-order chi connectivity index (χ0) is 18.5. The summed E-state index contributed by atoms with van der Waals surface area (Å²) in [5, 5.41) is 14.3. The summed E-state index contributed by atoms with van der Waals surface area (Å²) < 4.78 is 0. The quantitative estimate of drug-likeness (QED) is 0.573. The van der Waals surface area contributed by atoms with E-state index in [2.05, 4.69) is 19.0 Å². The van der Waals surface area contributed by atoms with Crippen molar-refractivity contribution in [1.29, 1.82) is 0 Å². The largest absolute Gasteiger partial charge is 0.411 e. The molecule has 4 saturated carbocycles. The third kappa shape index (κ3) is 2.68. The highest BCUT2D eigenvalue weighted by Gasteiger charge is 2.61. The van der Waals surface area contributed by atoms with E-state index < -0.39 is 0 Å². The Labute approximate surface area is 161 Å². The van der Waals surface area contributed by atoms with Crippen molar-refractivity contribution in [2.75, 3.05) is 12.3 Å². The van der Waals surface area contributed by atoms with Crippen LogP contribution in [0.3, 0.4) is 0 Å². The molecule has 0 radical (unpaired) electrons. The molecule has 0 amide bonds. The van der Waals surface area contributed by atoms with Crippen LogP contribution in [0.1, 0.15) is 65.2 Å². The van der Waals surface area contributed by atoms with Gasteiger partial charge in [-0.05, 0) is 68.1 Å². The number of Topliss-reactive ketones (excluding diaryl/α,β-unsaturated/α-hetero) is 1. The van der Waals surface area contributed by atoms with Crippen LogP contribution in [-0.2, 0) is 4.79 Å². The molecule has 0 aromatic carbocycles. The van der Waals surface area contributed by atoms with Gasteiger partial charge in [-0.2, -0.15) is 11.8 Å². The number of fused-ring (bicyclic) bond motifs is 5. The van der Waals surface area contributed by atoms with Gasteiger partial charge in [0.05, 0.1) is 5.71 Å². The molecule has 0 aromatic heterocycles. The molecule has 0 saturated heterocycles. The first-order valence-corrected chi connectivity index (χ1v) is 11.5. The fourth-order valence-corrected chi connectivity index (χ4v) is 8.38. The number of thioether (sulfide) groups is 1. The summed E-state index contributed by atoms with van der Waals surface area (Å²) in [6.45, 7) is 5.42. The van der Waals surface area contributed by atoms with Gasteiger partial charge in [0.15, 0.2) is 0 Å². The van der Waals surface area contributed by atoms with E-state index >= 15 is 0 Å². The fraction of sp³-hybridized carbons (Fsp3) is 0.905. The fourth-order valence-electron chi connectivity index (χ4n) is 7.30. The Morgan fingerprint density at radius 2 is 2.04 bits per heavy atom. The van der Waals surface area contributed by atoms with Gasteiger partial charge >= 0.3 is 0 Å². The van der Waals surface area contributed by atoms with Gasteiger partial charge in [-0.3, -0.25) is 4.79 Å². The van der Waals surface area contributed by atoms with Crippen molar-refractivity contribution in [3.8, 4) is 0 Å². The number of carbonyl (C=O) groups excluding carboxylic acids is 1. The number of nitrogens with two attached hydrogens (primary N) is 1. The van der Waals surface area contributed by atoms with Crippen LogP contribution in [0.25, 0.3) is 0 Å². The van der Waals surface area contributed by atoms with Crippen LogP contribution in [0.4, 0.5) is 0 Å². The minimum absolute atomic E-state index is 0.112. The predicted molar refractivity (Wildman–Crippen MR) is 107 cm³/mol. The highest BCUT2D eigenvalue weighted by molar-refractivity contribution is 7.99. The van der Waals surface area contributed by atoms with E-state index in [1.807, 2.05) is 11.8 Å². The average Bonchev–Trinajstić information content (AvgIpc) is 2.94. The van der Waals surface area contributed by atoms with Gasteiger partial charge < -0.3 is 10.9 Å². The highest BCUT2D eigenvalue weighted by atomic mass is 32.2. The van der Waals surface area contributed by atoms with Gasteiger partial charge in [0.1, 0.15) is 5.78 Å². The first kappa shape index (κ1) is 18.8. The van der Waals surface area contributed by atoms with Crippen molar-refractivity contribution in [3.63, 3.8) is 0 Å². The summed E-state index contributed by atoms with van der Waals surface area (Å²) in [7, 11) is 0. The molecule has 0 aliphatic heterocycles. The minimum atomic E-state index is -0.112. The lowest BCUT2D eigenvalue weighted by molar-refractivity contribution is -0.133. The molecule has 3 N–H and O–H groups in total. The van der Waals surface area contributed by atoms with Gasteiger partial charge in [-0.15, -0.1) is 0 Å². The van der Waals surface area contributed by atoms with Crippen LogP contribution >= 0.6 is 11.8 Å². The van der Waals surface area contributed by atoms with Gasteiger partial charge in [0, 0.05) is 35.3 Å². The van der Waals surface area contributed by atoms with E-state index in [1.54, 1.807) is 0 Å². The van der Waals surface area contributed by atoms with Crippen molar-refractivity contribution in [2.45, 2.75) is 70.5 Å². The molecule has 0 bridgehead atoms. The van der Waals surface area contributed by atoms with Gasteiger partial charge in [-0.1, -0.05) is 19.0 Å². The van der Waals surface area contributed by atoms with E-state index in [-0.39, 0.29) is 10.8 Å². The van der Waals surface area contributed by atoms with Crippen molar-refractivity contribution < 1.29 is 10.0 Å². The first-order chi connectivity index (χ1) is 12.4. The van der Waals surface area contributed by atoms with E-state index in [1.165, 1.54) is 19.3 Å². The standard InChI is InChI=1S/C21H34N2O2S/c1-20-7-5-13(26-10-9-22)11-17(20)18(23-25)12-14-15-3-4-19(24)21(15,2)8-6-16(14)20/h13-17,25H,3-12,22H2,1-2H3/b23-18-/t13-,14+,15+,16+,17?,20-,21+/m1/s1. The second-order valence-electron chi connectivity index (χ2n) is 9.70. The number of nitrogens with zero attached hydrogens (tertiary/aromatic N) is 1. The SMILES string of the molecule is C[C@]12CC[C@@H](SCCN)CC1/C(=N\O)C[C@@H]1[C@@H]2CC[C@]2(C)C(=O)CC[C@@H]12. The van der Waals surface area contributed by atoms with Crippen LogP contribution in [0, 0.1) is 34.5 Å². The molecular weight excluding hydrogens is 344 g/mol. The predicted octanol–water partition coefficient (Wildman–Crippen LogP) is 4.10. The Hall–Kier alpha value is -0.550. The van der Waals surface area contributed by atoms with Crippen LogP contribution in [0.5, 0.6) is 0 Å². The molecule has 146 valence electrons. The highest BCUT2D eigenvalue weighted by Crippen LogP contribution is 2.65. The number of hydrogen-bond acceptors (Lipinski definition) is 5. The first-order valence-electron chi connectivity index (χ1n) is 10.5. The average molecular weight is 379 g/mol. The van der Waals surface area contributed by atoms with Gasteiger partial charge in [0.25, 0.3) is 0 Å². The minimum Gasteiger partial charge on any atom is -0.411 e. The maximum absolute atomic E-state index is 12.6. The molecule has 7 atom stereocenters. The van der Waals surface area contributed by atoms with E-state index in [0.717, 1.165) is 50.1 Å². The summed E-state index contributed by atoms with van der Waals surface area (Å²) in [4.78, 5) is 12.6. The molecule has 4 fully saturated rings. The van der Waals surface area contributed by atoms with E-state index in [4.69, 9.17) is 5.73 Å². The van der Waals surface area contributed by atoms with Crippen molar-refractivity contribution >= 4 is 23.3 Å². The summed E-state index contributed by atoms with van der Waals surface area (Å²) in [5.41, 5.74) is 6.85. The Morgan fingerprint density at radius 1 is 1.23 bits per heavy atom. The second kappa shape index (κ2) is 6.80. The Morgan fingerprint density at radius 3 is 2.77 bits per heavy atom. The number of rotatable bonds is 3. The van der Waals surface area contributed by atoms with Gasteiger partial charge in [0.2, 0.25) is 0 Å². The number of oxime groups is 1.